The molecule has 5 heteroatoms. The van der Waals surface area contributed by atoms with Gasteiger partial charge in [-0.05, 0) is 35.9 Å². The number of halogens is 1. The Balaban J connectivity index is 1.44. The zero-order valence-electron chi connectivity index (χ0n) is 13.9. The van der Waals surface area contributed by atoms with E-state index < -0.39 is 0 Å². The van der Waals surface area contributed by atoms with Crippen LogP contribution in [0, 0.1) is 5.82 Å². The van der Waals surface area contributed by atoms with Gasteiger partial charge in [0.15, 0.2) is 0 Å². The zero-order chi connectivity index (χ0) is 17.2. The molecule has 0 amide bonds. The van der Waals surface area contributed by atoms with Gasteiger partial charge < -0.3 is 5.73 Å². The second kappa shape index (κ2) is 6.78. The van der Waals surface area contributed by atoms with Gasteiger partial charge in [-0.25, -0.2) is 9.07 Å². The first-order valence-corrected chi connectivity index (χ1v) is 8.52. The molecule has 25 heavy (non-hydrogen) atoms. The van der Waals surface area contributed by atoms with E-state index in [0.29, 0.717) is 5.92 Å². The Bertz CT molecular complexity index is 828. The molecule has 2 N–H and O–H groups in total. The van der Waals surface area contributed by atoms with Crippen LogP contribution in [0.1, 0.15) is 17.2 Å². The van der Waals surface area contributed by atoms with Crippen molar-refractivity contribution in [2.24, 2.45) is 5.73 Å². The second-order valence-corrected chi connectivity index (χ2v) is 6.60. The van der Waals surface area contributed by atoms with Gasteiger partial charge in [0.25, 0.3) is 0 Å². The van der Waals surface area contributed by atoms with Crippen LogP contribution >= 0.6 is 0 Å². The van der Waals surface area contributed by atoms with Gasteiger partial charge in [0, 0.05) is 37.8 Å². The Morgan fingerprint density at radius 3 is 2.52 bits per heavy atom. The summed E-state index contributed by atoms with van der Waals surface area (Å²) in [4.78, 5) is 2.35. The van der Waals surface area contributed by atoms with Gasteiger partial charge in [0.2, 0.25) is 0 Å². The van der Waals surface area contributed by atoms with Crippen molar-refractivity contribution in [3.63, 3.8) is 0 Å². The molecule has 128 valence electrons. The largest absolute Gasteiger partial charge is 0.326 e. The lowest BCUT2D eigenvalue weighted by Gasteiger charge is -2.15. The van der Waals surface area contributed by atoms with E-state index in [1.165, 1.54) is 17.7 Å². The van der Waals surface area contributed by atoms with Crippen LogP contribution in [0.25, 0.3) is 5.69 Å². The molecule has 4 rings (SSSR count). The van der Waals surface area contributed by atoms with E-state index >= 15 is 0 Å². The maximum Gasteiger partial charge on any atom is 0.123 e. The molecule has 2 heterocycles. The van der Waals surface area contributed by atoms with Crippen molar-refractivity contribution in [2.75, 3.05) is 13.1 Å². The monoisotopic (exact) mass is 336 g/mol. The Kier molecular flexibility index (Phi) is 4.34. The molecule has 1 aliphatic heterocycles. The van der Waals surface area contributed by atoms with Gasteiger partial charge in [-0.3, -0.25) is 4.90 Å². The molecule has 4 nitrogen and oxygen atoms in total. The summed E-state index contributed by atoms with van der Waals surface area (Å²) in [7, 11) is 0. The highest BCUT2D eigenvalue weighted by atomic mass is 19.1. The second-order valence-electron chi connectivity index (χ2n) is 6.60. The van der Waals surface area contributed by atoms with Crippen LogP contribution in [0.4, 0.5) is 4.39 Å². The van der Waals surface area contributed by atoms with Crippen molar-refractivity contribution in [3.05, 3.63) is 83.9 Å². The minimum Gasteiger partial charge on any atom is -0.326 e. The third kappa shape index (κ3) is 3.48. The molecule has 0 radical (unpaired) electrons. The minimum absolute atomic E-state index is 0.140. The molecule has 0 unspecified atom stereocenters. The summed E-state index contributed by atoms with van der Waals surface area (Å²) in [6.07, 6.45) is 1.91. The fourth-order valence-corrected chi connectivity index (χ4v) is 3.51. The molecule has 0 aliphatic carbocycles. The van der Waals surface area contributed by atoms with Crippen molar-refractivity contribution >= 4 is 0 Å². The molecule has 0 spiro atoms. The molecule has 1 aliphatic rings. The summed E-state index contributed by atoms with van der Waals surface area (Å²) < 4.78 is 14.8. The lowest BCUT2D eigenvalue weighted by molar-refractivity contribution is 0.319. The van der Waals surface area contributed by atoms with Crippen LogP contribution in [0.5, 0.6) is 0 Å². The number of rotatable bonds is 4. The molecule has 0 bridgehead atoms. The van der Waals surface area contributed by atoms with Crippen LogP contribution < -0.4 is 5.73 Å². The summed E-state index contributed by atoms with van der Waals surface area (Å²) in [6, 6.07) is 18.9. The first kappa shape index (κ1) is 16.0. The molecule has 3 aromatic rings. The first-order valence-electron chi connectivity index (χ1n) is 8.52. The van der Waals surface area contributed by atoms with Crippen LogP contribution in [-0.2, 0) is 6.54 Å². The van der Waals surface area contributed by atoms with Gasteiger partial charge in [-0.15, -0.1) is 0 Å². The molecule has 1 fully saturated rings. The number of nitrogens with two attached hydrogens (primary N) is 1. The summed E-state index contributed by atoms with van der Waals surface area (Å²) in [5.74, 6) is 0.120. The van der Waals surface area contributed by atoms with Gasteiger partial charge >= 0.3 is 0 Å². The number of aromatic nitrogens is 2. The molecular weight excluding hydrogens is 315 g/mol. The molecule has 1 aromatic heterocycles. The molecule has 0 saturated carbocycles. The zero-order valence-corrected chi connectivity index (χ0v) is 13.9. The summed E-state index contributed by atoms with van der Waals surface area (Å²) in [6.45, 7) is 2.57. The molecule has 2 aromatic carbocycles. The normalized spacial score (nSPS) is 20.9. The summed E-state index contributed by atoms with van der Waals surface area (Å²) in [5, 5.41) is 4.61. The van der Waals surface area contributed by atoms with Crippen molar-refractivity contribution in [1.82, 2.24) is 14.7 Å². The Labute approximate surface area is 146 Å². The third-order valence-corrected chi connectivity index (χ3v) is 4.79. The Morgan fingerprint density at radius 2 is 1.76 bits per heavy atom. The SMILES string of the molecule is N[C@@H]1CN(Cc2ccn(-c3ccc(F)cc3)n2)C[C@H]1c1ccccc1. The molecule has 1 saturated heterocycles. The molecular formula is C20H21FN4. The topological polar surface area (TPSA) is 47.1 Å². The Morgan fingerprint density at radius 1 is 1.00 bits per heavy atom. The van der Waals surface area contributed by atoms with E-state index in [2.05, 4.69) is 34.3 Å². The number of likely N-dealkylation sites (tertiary alicyclic amines) is 1. The van der Waals surface area contributed by atoms with E-state index in [0.717, 1.165) is 31.0 Å². The predicted molar refractivity (Wildman–Crippen MR) is 96.0 cm³/mol. The van der Waals surface area contributed by atoms with E-state index in [4.69, 9.17) is 5.73 Å². The van der Waals surface area contributed by atoms with Crippen LogP contribution in [0.15, 0.2) is 66.9 Å². The number of hydrogen-bond acceptors (Lipinski definition) is 3. The highest BCUT2D eigenvalue weighted by Gasteiger charge is 2.31. The van der Waals surface area contributed by atoms with Crippen molar-refractivity contribution < 1.29 is 4.39 Å². The number of hydrogen-bond donors (Lipinski definition) is 1. The fraction of sp³-hybridized carbons (Fsp3) is 0.250. The van der Waals surface area contributed by atoms with Crippen molar-refractivity contribution in [3.8, 4) is 5.69 Å². The van der Waals surface area contributed by atoms with Crippen LogP contribution in [0.3, 0.4) is 0 Å². The van der Waals surface area contributed by atoms with Gasteiger partial charge in [0.05, 0.1) is 11.4 Å². The number of nitrogens with zero attached hydrogens (tertiary/aromatic N) is 3. The fourth-order valence-electron chi connectivity index (χ4n) is 3.51. The average molecular weight is 336 g/mol. The van der Waals surface area contributed by atoms with E-state index in [-0.39, 0.29) is 11.9 Å². The lowest BCUT2D eigenvalue weighted by atomic mass is 9.95. The standard InChI is InChI=1S/C20H21FN4/c21-16-6-8-18(9-7-16)25-11-10-17(23-25)12-24-13-19(20(22)14-24)15-4-2-1-3-5-15/h1-11,19-20H,12-14,22H2/t19-,20+/m0/s1. The van der Waals surface area contributed by atoms with Crippen molar-refractivity contribution in [2.45, 2.75) is 18.5 Å². The van der Waals surface area contributed by atoms with Gasteiger partial charge in [0.1, 0.15) is 5.82 Å². The van der Waals surface area contributed by atoms with Crippen LogP contribution in [0.2, 0.25) is 0 Å². The molecule has 2 atom stereocenters. The Hall–Kier alpha value is -2.50. The highest BCUT2D eigenvalue weighted by Crippen LogP contribution is 2.27. The summed E-state index contributed by atoms with van der Waals surface area (Å²) in [5.41, 5.74) is 9.51. The van der Waals surface area contributed by atoms with E-state index in [1.807, 2.05) is 18.3 Å². The predicted octanol–water partition coefficient (Wildman–Crippen LogP) is 2.94. The van der Waals surface area contributed by atoms with E-state index in [9.17, 15) is 4.39 Å². The average Bonchev–Trinajstić information content (AvgIpc) is 3.23. The highest BCUT2D eigenvalue weighted by molar-refractivity contribution is 5.31. The van der Waals surface area contributed by atoms with Gasteiger partial charge in [-0.2, -0.15) is 5.10 Å². The maximum atomic E-state index is 13.0. The third-order valence-electron chi connectivity index (χ3n) is 4.79. The number of benzene rings is 2. The van der Waals surface area contributed by atoms with Crippen LogP contribution in [-0.4, -0.2) is 33.8 Å². The smallest absolute Gasteiger partial charge is 0.123 e. The summed E-state index contributed by atoms with van der Waals surface area (Å²) >= 11 is 0. The maximum absolute atomic E-state index is 13.0. The van der Waals surface area contributed by atoms with Crippen molar-refractivity contribution in [1.29, 1.82) is 0 Å². The van der Waals surface area contributed by atoms with Gasteiger partial charge in [-0.1, -0.05) is 30.3 Å². The quantitative estimate of drug-likeness (QED) is 0.797. The first-order chi connectivity index (χ1) is 12.2. The van der Waals surface area contributed by atoms with E-state index in [1.54, 1.807) is 16.8 Å². The lowest BCUT2D eigenvalue weighted by Crippen LogP contribution is -2.28. The minimum atomic E-state index is -0.242.